The van der Waals surface area contributed by atoms with Crippen molar-refractivity contribution in [1.29, 1.82) is 5.26 Å². The number of nitriles is 1. The molecule has 0 unspecified atom stereocenters. The number of aromatic nitrogens is 1. The van der Waals surface area contributed by atoms with E-state index in [1.54, 1.807) is 19.9 Å². The molecule has 0 aliphatic carbocycles. The van der Waals surface area contributed by atoms with Gasteiger partial charge in [0.05, 0.1) is 39.0 Å². The first-order valence-corrected chi connectivity index (χ1v) is 8.62. The monoisotopic (exact) mass is 439 g/mol. The molecule has 4 heterocycles. The van der Waals surface area contributed by atoms with E-state index in [9.17, 15) is 14.7 Å². The van der Waals surface area contributed by atoms with Gasteiger partial charge in [0, 0.05) is 6.42 Å². The number of nitrogens with zero attached hydrogens (tertiary/aromatic N) is 3. The lowest BCUT2D eigenvalue weighted by Crippen LogP contribution is -2.49. The van der Waals surface area contributed by atoms with Crippen LogP contribution >= 0.6 is 22.6 Å². The molecule has 124 valence electrons. The van der Waals surface area contributed by atoms with E-state index in [-0.39, 0.29) is 17.5 Å². The molecule has 4 rings (SSSR count). The predicted octanol–water partition coefficient (Wildman–Crippen LogP) is 0.976. The number of hydrogen-bond donors (Lipinski definition) is 1. The van der Waals surface area contributed by atoms with Gasteiger partial charge in [-0.15, -0.1) is 0 Å². The van der Waals surface area contributed by atoms with Crippen molar-refractivity contribution < 1.29 is 19.4 Å². The topological polar surface area (TPSA) is 104 Å². The summed E-state index contributed by atoms with van der Waals surface area (Å²) in [4.78, 5) is 31.1. The number of imide groups is 1. The Morgan fingerprint density at radius 3 is 2.71 bits per heavy atom. The van der Waals surface area contributed by atoms with Gasteiger partial charge in [0.2, 0.25) is 11.8 Å². The summed E-state index contributed by atoms with van der Waals surface area (Å²) in [6.07, 6.45) is 0.918. The number of anilines is 1. The normalized spacial score (nSPS) is 40.1. The maximum absolute atomic E-state index is 13.0. The van der Waals surface area contributed by atoms with Crippen LogP contribution in [0.3, 0.4) is 0 Å². The van der Waals surface area contributed by atoms with Crippen LogP contribution in [0.5, 0.6) is 0 Å². The summed E-state index contributed by atoms with van der Waals surface area (Å²) in [5, 5.41) is 19.3. The van der Waals surface area contributed by atoms with Crippen molar-refractivity contribution >= 4 is 40.1 Å². The molecular formula is C16H14IN3O4. The Labute approximate surface area is 151 Å². The number of rotatable bonds is 1. The van der Waals surface area contributed by atoms with E-state index in [1.165, 1.54) is 6.20 Å². The number of halogens is 1. The lowest BCUT2D eigenvalue weighted by Gasteiger charge is -2.31. The first-order valence-electron chi connectivity index (χ1n) is 7.54. The second-order valence-corrected chi connectivity index (χ2v) is 8.08. The van der Waals surface area contributed by atoms with Crippen LogP contribution in [0.25, 0.3) is 0 Å². The minimum atomic E-state index is -1.05. The minimum Gasteiger partial charge on any atom is -0.390 e. The number of fused-ring (bicyclic) bond motifs is 5. The summed E-state index contributed by atoms with van der Waals surface area (Å²) in [6, 6.07) is 3.56. The Morgan fingerprint density at radius 1 is 1.42 bits per heavy atom. The van der Waals surface area contributed by atoms with Crippen molar-refractivity contribution in [2.24, 2.45) is 11.8 Å². The van der Waals surface area contributed by atoms with Crippen molar-refractivity contribution in [1.82, 2.24) is 4.98 Å². The summed E-state index contributed by atoms with van der Waals surface area (Å²) in [5.74, 6) is -2.01. The Balaban J connectivity index is 1.79. The molecule has 2 amide bonds. The Kier molecular flexibility index (Phi) is 3.15. The van der Waals surface area contributed by atoms with E-state index in [2.05, 4.69) is 4.98 Å². The number of ether oxygens (including phenoxy) is 1. The second-order valence-electron chi connectivity index (χ2n) is 6.92. The highest BCUT2D eigenvalue weighted by Crippen LogP contribution is 2.60. The lowest BCUT2D eigenvalue weighted by molar-refractivity contribution is -0.132. The van der Waals surface area contributed by atoms with Crippen molar-refractivity contribution in [2.75, 3.05) is 4.90 Å². The molecule has 5 atom stereocenters. The first-order chi connectivity index (χ1) is 11.2. The fraction of sp³-hybridized carbons (Fsp3) is 0.500. The number of carbonyl (C=O) groups excluding carboxylic acids is 2. The minimum absolute atomic E-state index is 0.247. The molecule has 3 saturated heterocycles. The van der Waals surface area contributed by atoms with Crippen LogP contribution < -0.4 is 4.90 Å². The van der Waals surface area contributed by atoms with Gasteiger partial charge in [-0.05, 0) is 42.5 Å². The van der Waals surface area contributed by atoms with Crippen LogP contribution in [0.1, 0.15) is 26.0 Å². The van der Waals surface area contributed by atoms with Crippen LogP contribution in [-0.4, -0.2) is 39.2 Å². The number of carbonyl (C=O) groups is 2. The van der Waals surface area contributed by atoms with Gasteiger partial charge in [0.15, 0.2) is 5.69 Å². The zero-order chi connectivity index (χ0) is 17.4. The molecule has 0 saturated carbocycles. The Bertz CT molecular complexity index is 837. The van der Waals surface area contributed by atoms with Gasteiger partial charge >= 0.3 is 0 Å². The molecule has 3 aliphatic rings. The van der Waals surface area contributed by atoms with Gasteiger partial charge < -0.3 is 9.84 Å². The lowest BCUT2D eigenvalue weighted by atomic mass is 9.67. The number of pyridine rings is 1. The van der Waals surface area contributed by atoms with Crippen LogP contribution in [0.2, 0.25) is 0 Å². The Hall–Kier alpha value is -1.57. The molecule has 3 fully saturated rings. The zero-order valence-electron chi connectivity index (χ0n) is 13.0. The fourth-order valence-corrected chi connectivity index (χ4v) is 4.99. The zero-order valence-corrected chi connectivity index (χ0v) is 15.1. The molecule has 8 heteroatoms. The molecule has 0 radical (unpaired) electrons. The van der Waals surface area contributed by atoms with Crippen molar-refractivity contribution in [2.45, 2.75) is 37.6 Å². The third-order valence-corrected chi connectivity index (χ3v) is 6.31. The molecule has 24 heavy (non-hydrogen) atoms. The molecule has 2 bridgehead atoms. The molecule has 1 aromatic rings. The largest absolute Gasteiger partial charge is 0.390 e. The predicted molar refractivity (Wildman–Crippen MR) is 89.7 cm³/mol. The van der Waals surface area contributed by atoms with E-state index >= 15 is 0 Å². The summed E-state index contributed by atoms with van der Waals surface area (Å²) in [5.41, 5.74) is -1.29. The van der Waals surface area contributed by atoms with Gasteiger partial charge in [-0.3, -0.25) is 9.59 Å². The van der Waals surface area contributed by atoms with Crippen LogP contribution in [0.4, 0.5) is 5.69 Å². The van der Waals surface area contributed by atoms with Gasteiger partial charge in [0.25, 0.3) is 0 Å². The van der Waals surface area contributed by atoms with Crippen molar-refractivity contribution in [3.8, 4) is 6.07 Å². The highest BCUT2D eigenvalue weighted by Gasteiger charge is 2.75. The maximum Gasteiger partial charge on any atom is 0.240 e. The summed E-state index contributed by atoms with van der Waals surface area (Å²) >= 11 is 1.95. The molecule has 3 aliphatic heterocycles. The van der Waals surface area contributed by atoms with E-state index in [4.69, 9.17) is 10.00 Å². The summed E-state index contributed by atoms with van der Waals surface area (Å²) < 4.78 is 6.50. The number of amides is 2. The molecule has 1 aromatic heterocycles. The fourth-order valence-electron chi connectivity index (χ4n) is 4.41. The highest BCUT2D eigenvalue weighted by molar-refractivity contribution is 14.1. The average molecular weight is 439 g/mol. The quantitative estimate of drug-likeness (QED) is 0.517. The maximum atomic E-state index is 13.0. The second kappa shape index (κ2) is 4.74. The third-order valence-electron chi connectivity index (χ3n) is 5.49. The van der Waals surface area contributed by atoms with Gasteiger partial charge in [0.1, 0.15) is 11.7 Å². The van der Waals surface area contributed by atoms with Gasteiger partial charge in [-0.1, -0.05) is 0 Å². The average Bonchev–Trinajstić information content (AvgIpc) is 3.01. The smallest absolute Gasteiger partial charge is 0.240 e. The van der Waals surface area contributed by atoms with Gasteiger partial charge in [-0.2, -0.15) is 5.26 Å². The summed E-state index contributed by atoms with van der Waals surface area (Å²) in [7, 11) is 0. The molecular weight excluding hydrogens is 425 g/mol. The third kappa shape index (κ3) is 1.75. The number of aliphatic hydroxyl groups excluding tert-OH is 1. The standard InChI is InChI=1S/C16H14IN3O4/c1-15-4-10(21)16(2,24-15)12-11(15)13(22)20(14(12)23)7-3-8(17)9(5-18)19-6-7/h3,6,10-12,21H,4H2,1-2H3/t10-,11-,12+,15-,16+/m1/s1. The van der Waals surface area contributed by atoms with Crippen LogP contribution in [0, 0.1) is 26.7 Å². The Morgan fingerprint density at radius 2 is 2.08 bits per heavy atom. The molecule has 1 N–H and O–H groups in total. The highest BCUT2D eigenvalue weighted by atomic mass is 127. The van der Waals surface area contributed by atoms with Crippen molar-refractivity contribution in [3.63, 3.8) is 0 Å². The molecule has 0 aromatic carbocycles. The van der Waals surface area contributed by atoms with Crippen molar-refractivity contribution in [3.05, 3.63) is 21.5 Å². The molecule has 7 nitrogen and oxygen atoms in total. The SMILES string of the molecule is C[C@]12O[C@](C)(C[C@H]1O)[C@H]1C(=O)N(c3cnc(C#N)c(I)c3)C(=O)[C@H]12. The van der Waals surface area contributed by atoms with Crippen LogP contribution in [-0.2, 0) is 14.3 Å². The number of aliphatic hydroxyl groups is 1. The van der Waals surface area contributed by atoms with E-state index in [0.29, 0.717) is 15.7 Å². The van der Waals surface area contributed by atoms with E-state index < -0.39 is 29.1 Å². The van der Waals surface area contributed by atoms with Crippen LogP contribution in [0.15, 0.2) is 12.3 Å². The van der Waals surface area contributed by atoms with E-state index in [1.807, 2.05) is 28.7 Å². The first kappa shape index (κ1) is 15.9. The molecule has 0 spiro atoms. The number of hydrogen-bond acceptors (Lipinski definition) is 6. The van der Waals surface area contributed by atoms with Gasteiger partial charge in [-0.25, -0.2) is 9.88 Å². The van der Waals surface area contributed by atoms with E-state index in [0.717, 1.165) is 4.90 Å². The summed E-state index contributed by atoms with van der Waals surface area (Å²) in [6.45, 7) is 3.48.